The van der Waals surface area contributed by atoms with Crippen LogP contribution >= 0.6 is 0 Å². The highest BCUT2D eigenvalue weighted by Gasteiger charge is 2.36. The lowest BCUT2D eigenvalue weighted by atomic mass is 10.4. The molecule has 2 aliphatic rings. The lowest BCUT2D eigenvalue weighted by molar-refractivity contribution is -0.220. The zero-order valence-corrected chi connectivity index (χ0v) is 9.08. The molecule has 1 atom stereocenters. The lowest BCUT2D eigenvalue weighted by Gasteiger charge is -2.25. The van der Waals surface area contributed by atoms with Gasteiger partial charge in [0.25, 0.3) is 23.6 Å². The summed E-state index contributed by atoms with van der Waals surface area (Å²) in [7, 11) is 0. The summed E-state index contributed by atoms with van der Waals surface area (Å²) in [5, 5.41) is 0.615. The average molecular weight is 238 g/mol. The first kappa shape index (κ1) is 11.5. The Bertz CT molecular complexity index is 408. The maximum Gasteiger partial charge on any atom is 0.255 e. The number of hydroxylamine groups is 2. The zero-order valence-electron chi connectivity index (χ0n) is 9.08. The highest BCUT2D eigenvalue weighted by molar-refractivity contribution is 6.13. The topological polar surface area (TPSA) is 84.0 Å². The van der Waals surface area contributed by atoms with Gasteiger partial charge in [-0.2, -0.15) is 5.06 Å². The first-order chi connectivity index (χ1) is 8.00. The van der Waals surface area contributed by atoms with Crippen molar-refractivity contribution in [1.29, 1.82) is 0 Å². The molecule has 1 fully saturated rings. The standard InChI is InChI=1S/C10H10N2O5/c1-6(11-7(13)2-3-8(11)14)17-12-9(15)4-5-10(12)16/h2-3,6H,4-5H2,1H3. The van der Waals surface area contributed by atoms with Gasteiger partial charge in [0.2, 0.25) is 0 Å². The van der Waals surface area contributed by atoms with Crippen LogP contribution in [0.5, 0.6) is 0 Å². The Balaban J connectivity index is 2.04. The van der Waals surface area contributed by atoms with Gasteiger partial charge in [-0.15, -0.1) is 0 Å². The van der Waals surface area contributed by atoms with Gasteiger partial charge in [-0.1, -0.05) is 0 Å². The van der Waals surface area contributed by atoms with Crippen LogP contribution in [0.3, 0.4) is 0 Å². The summed E-state index contributed by atoms with van der Waals surface area (Å²) in [5.74, 6) is -1.98. The SMILES string of the molecule is CC(ON1C(=O)CCC1=O)N1C(=O)C=CC1=O. The highest BCUT2D eigenvalue weighted by atomic mass is 16.7. The summed E-state index contributed by atoms with van der Waals surface area (Å²) in [5.41, 5.74) is 0. The van der Waals surface area contributed by atoms with Crippen LogP contribution in [0, 0.1) is 0 Å². The van der Waals surface area contributed by atoms with E-state index in [9.17, 15) is 19.2 Å². The predicted octanol–water partition coefficient (Wildman–Crippen LogP) is -0.662. The maximum absolute atomic E-state index is 11.3. The van der Waals surface area contributed by atoms with E-state index in [4.69, 9.17) is 4.84 Å². The normalized spacial score (nSPS) is 21.9. The number of carbonyl (C=O) groups excluding carboxylic acids is 4. The fourth-order valence-corrected chi connectivity index (χ4v) is 1.64. The van der Waals surface area contributed by atoms with Gasteiger partial charge in [-0.3, -0.25) is 19.2 Å². The third-order valence-electron chi connectivity index (χ3n) is 2.47. The van der Waals surface area contributed by atoms with E-state index in [2.05, 4.69) is 0 Å². The van der Waals surface area contributed by atoms with Crippen molar-refractivity contribution in [1.82, 2.24) is 9.96 Å². The minimum atomic E-state index is -0.990. The van der Waals surface area contributed by atoms with Gasteiger partial charge in [0.15, 0.2) is 6.23 Å². The molecule has 0 spiro atoms. The third-order valence-corrected chi connectivity index (χ3v) is 2.47. The maximum atomic E-state index is 11.3. The molecule has 7 nitrogen and oxygen atoms in total. The lowest BCUT2D eigenvalue weighted by Crippen LogP contribution is -2.45. The summed E-state index contributed by atoms with van der Waals surface area (Å²) >= 11 is 0. The summed E-state index contributed by atoms with van der Waals surface area (Å²) < 4.78 is 0. The Morgan fingerprint density at radius 1 is 1.06 bits per heavy atom. The van der Waals surface area contributed by atoms with E-state index in [1.54, 1.807) is 0 Å². The van der Waals surface area contributed by atoms with Gasteiger partial charge in [0.05, 0.1) is 0 Å². The van der Waals surface area contributed by atoms with Crippen molar-refractivity contribution in [2.75, 3.05) is 0 Å². The molecule has 0 saturated carbocycles. The molecule has 2 heterocycles. The Kier molecular flexibility index (Phi) is 2.76. The second-order valence-electron chi connectivity index (χ2n) is 3.67. The molecule has 0 aromatic heterocycles. The van der Waals surface area contributed by atoms with E-state index < -0.39 is 29.9 Å². The zero-order chi connectivity index (χ0) is 12.6. The molecule has 0 aliphatic carbocycles. The summed E-state index contributed by atoms with van der Waals surface area (Å²) in [6, 6.07) is 0. The molecule has 0 radical (unpaired) electrons. The minimum absolute atomic E-state index is 0.0890. The molecule has 2 rings (SSSR count). The molecule has 0 aromatic carbocycles. The van der Waals surface area contributed by atoms with Crippen molar-refractivity contribution in [2.45, 2.75) is 26.0 Å². The van der Waals surface area contributed by atoms with E-state index in [1.807, 2.05) is 0 Å². The number of amides is 4. The van der Waals surface area contributed by atoms with Crippen molar-refractivity contribution in [2.24, 2.45) is 0 Å². The van der Waals surface area contributed by atoms with Crippen LogP contribution in [0.15, 0.2) is 12.2 Å². The van der Waals surface area contributed by atoms with E-state index in [1.165, 1.54) is 6.92 Å². The Morgan fingerprint density at radius 2 is 1.53 bits per heavy atom. The third kappa shape index (κ3) is 1.96. The molecule has 2 aliphatic heterocycles. The molecule has 1 saturated heterocycles. The van der Waals surface area contributed by atoms with Crippen LogP contribution in [-0.2, 0) is 24.0 Å². The van der Waals surface area contributed by atoms with E-state index >= 15 is 0 Å². The Labute approximate surface area is 96.6 Å². The smallest absolute Gasteiger partial charge is 0.255 e. The quantitative estimate of drug-likeness (QED) is 0.609. The van der Waals surface area contributed by atoms with Crippen molar-refractivity contribution in [3.8, 4) is 0 Å². The van der Waals surface area contributed by atoms with Crippen molar-refractivity contribution in [3.05, 3.63) is 12.2 Å². The monoisotopic (exact) mass is 238 g/mol. The van der Waals surface area contributed by atoms with Crippen LogP contribution in [0.25, 0.3) is 0 Å². The summed E-state index contributed by atoms with van der Waals surface area (Å²) in [6.07, 6.45) is 1.40. The number of hydrogen-bond donors (Lipinski definition) is 0. The predicted molar refractivity (Wildman–Crippen MR) is 52.6 cm³/mol. The second-order valence-corrected chi connectivity index (χ2v) is 3.67. The highest BCUT2D eigenvalue weighted by Crippen LogP contribution is 2.17. The number of carbonyl (C=O) groups is 4. The van der Waals surface area contributed by atoms with Gasteiger partial charge in [0.1, 0.15) is 0 Å². The van der Waals surface area contributed by atoms with Crippen LogP contribution in [0.4, 0.5) is 0 Å². The first-order valence-electron chi connectivity index (χ1n) is 5.08. The Hall–Kier alpha value is -2.02. The van der Waals surface area contributed by atoms with Gasteiger partial charge >= 0.3 is 0 Å². The first-order valence-corrected chi connectivity index (χ1v) is 5.08. The Morgan fingerprint density at radius 3 is 2.00 bits per heavy atom. The summed E-state index contributed by atoms with van der Waals surface area (Å²) in [6.45, 7) is 1.42. The number of rotatable bonds is 3. The number of imide groups is 2. The fourth-order valence-electron chi connectivity index (χ4n) is 1.64. The molecule has 90 valence electrons. The van der Waals surface area contributed by atoms with Crippen molar-refractivity contribution >= 4 is 23.6 Å². The molecule has 1 unspecified atom stereocenters. The fraction of sp³-hybridized carbons (Fsp3) is 0.400. The van der Waals surface area contributed by atoms with Crippen LogP contribution < -0.4 is 0 Å². The average Bonchev–Trinajstić information content (AvgIpc) is 2.75. The van der Waals surface area contributed by atoms with Crippen LogP contribution in [-0.4, -0.2) is 39.8 Å². The molecule has 0 aromatic rings. The van der Waals surface area contributed by atoms with Crippen LogP contribution in [0.1, 0.15) is 19.8 Å². The minimum Gasteiger partial charge on any atom is -0.272 e. The van der Waals surface area contributed by atoms with Gasteiger partial charge in [-0.25, -0.2) is 9.74 Å². The summed E-state index contributed by atoms with van der Waals surface area (Å²) in [4.78, 5) is 51.0. The molecule has 0 bridgehead atoms. The van der Waals surface area contributed by atoms with Crippen molar-refractivity contribution < 1.29 is 24.0 Å². The van der Waals surface area contributed by atoms with Crippen LogP contribution in [0.2, 0.25) is 0 Å². The van der Waals surface area contributed by atoms with E-state index in [-0.39, 0.29) is 12.8 Å². The molecule has 0 N–H and O–H groups in total. The largest absolute Gasteiger partial charge is 0.272 e. The molecule has 17 heavy (non-hydrogen) atoms. The van der Waals surface area contributed by atoms with Crippen molar-refractivity contribution in [3.63, 3.8) is 0 Å². The number of nitrogens with zero attached hydrogens (tertiary/aromatic N) is 2. The molecular formula is C10H10N2O5. The molecule has 4 amide bonds. The van der Waals surface area contributed by atoms with Gasteiger partial charge in [0, 0.05) is 25.0 Å². The number of hydrogen-bond acceptors (Lipinski definition) is 5. The van der Waals surface area contributed by atoms with E-state index in [0.717, 1.165) is 17.1 Å². The second kappa shape index (κ2) is 4.10. The van der Waals surface area contributed by atoms with E-state index in [0.29, 0.717) is 5.06 Å². The van der Waals surface area contributed by atoms with Gasteiger partial charge in [-0.05, 0) is 6.92 Å². The van der Waals surface area contributed by atoms with Gasteiger partial charge < -0.3 is 0 Å². The molecule has 7 heteroatoms. The molecular weight excluding hydrogens is 228 g/mol.